The number of carbonyl (C=O) groups excluding carboxylic acids is 2. The van der Waals surface area contributed by atoms with Gasteiger partial charge in [-0.2, -0.15) is 0 Å². The van der Waals surface area contributed by atoms with Gasteiger partial charge in [-0.1, -0.05) is 0 Å². The highest BCUT2D eigenvalue weighted by molar-refractivity contribution is 5.97. The van der Waals surface area contributed by atoms with Crippen LogP contribution in [0.5, 0.6) is 0 Å². The number of rotatable bonds is 6. The molecule has 0 aliphatic carbocycles. The van der Waals surface area contributed by atoms with E-state index in [-0.39, 0.29) is 18.4 Å². The summed E-state index contributed by atoms with van der Waals surface area (Å²) in [6.45, 7) is 8.68. The zero-order chi connectivity index (χ0) is 17.5. The Morgan fingerprint density at radius 3 is 2.58 bits per heavy atom. The maximum atomic E-state index is 12.4. The summed E-state index contributed by atoms with van der Waals surface area (Å²) in [6, 6.07) is 5.58. The van der Waals surface area contributed by atoms with Crippen LogP contribution in [0.2, 0.25) is 0 Å². The van der Waals surface area contributed by atoms with E-state index in [9.17, 15) is 9.59 Å². The van der Waals surface area contributed by atoms with E-state index in [1.807, 2.05) is 0 Å². The van der Waals surface area contributed by atoms with Crippen LogP contribution in [0.3, 0.4) is 0 Å². The van der Waals surface area contributed by atoms with Gasteiger partial charge in [0, 0.05) is 36.0 Å². The number of ether oxygens (including phenoxy) is 1. The highest BCUT2D eigenvalue weighted by atomic mass is 16.5. The Labute approximate surface area is 139 Å². The minimum absolute atomic E-state index is 0.257. The second-order valence-corrected chi connectivity index (χ2v) is 5.47. The number of hydrogen-bond donors (Lipinski definition) is 2. The lowest BCUT2D eigenvalue weighted by Gasteiger charge is -2.18. The molecule has 0 radical (unpaired) electrons. The normalized spacial score (nSPS) is 11.6. The van der Waals surface area contributed by atoms with Crippen molar-refractivity contribution in [2.45, 2.75) is 32.4 Å². The molecule has 1 amide bonds. The van der Waals surface area contributed by atoms with Crippen LogP contribution in [0.25, 0.3) is 4.85 Å². The average molecular weight is 327 g/mol. The zero-order valence-electron chi connectivity index (χ0n) is 13.5. The van der Waals surface area contributed by atoms with E-state index in [1.54, 1.807) is 44.3 Å². The fourth-order valence-electron chi connectivity index (χ4n) is 2.06. The molecule has 0 aliphatic heterocycles. The molecule has 1 aromatic carbocycles. The number of benzene rings is 1. The number of aromatic amines is 1. The van der Waals surface area contributed by atoms with Crippen molar-refractivity contribution >= 4 is 17.6 Å². The van der Waals surface area contributed by atoms with E-state index in [1.165, 1.54) is 6.33 Å². The maximum Gasteiger partial charge on any atom is 0.339 e. The molecular weight excluding hydrogens is 308 g/mol. The minimum Gasteiger partial charge on any atom is -0.461 e. The Balaban J connectivity index is 2.12. The quantitative estimate of drug-likeness (QED) is 0.797. The summed E-state index contributed by atoms with van der Waals surface area (Å²) in [4.78, 5) is 35.0. The van der Waals surface area contributed by atoms with E-state index >= 15 is 0 Å². The summed E-state index contributed by atoms with van der Waals surface area (Å²) in [6.07, 6.45) is 3.09. The van der Waals surface area contributed by atoms with Crippen LogP contribution in [-0.2, 0) is 16.0 Å². The summed E-state index contributed by atoms with van der Waals surface area (Å²) < 4.78 is 5.21. The summed E-state index contributed by atoms with van der Waals surface area (Å²) in [5.74, 6) is -0.884. The largest absolute Gasteiger partial charge is 0.461 e. The van der Waals surface area contributed by atoms with Crippen molar-refractivity contribution in [3.05, 3.63) is 52.9 Å². The molecule has 24 heavy (non-hydrogen) atoms. The van der Waals surface area contributed by atoms with E-state index in [4.69, 9.17) is 11.3 Å². The van der Waals surface area contributed by atoms with E-state index < -0.39 is 12.0 Å². The predicted octanol–water partition coefficient (Wildman–Crippen LogP) is 2.30. The first-order valence-corrected chi connectivity index (χ1v) is 7.49. The number of carbonyl (C=O) groups is 2. The number of imidazole rings is 1. The molecule has 2 N–H and O–H groups in total. The van der Waals surface area contributed by atoms with E-state index in [2.05, 4.69) is 20.1 Å². The molecule has 7 heteroatoms. The number of nitrogens with zero attached hydrogens (tertiary/aromatic N) is 2. The standard InChI is InChI=1S/C17H18N4O3/c1-11(2)24-17(23)15(8-14-9-19-10-20-14)21-16(22)12-4-6-13(18-3)7-5-12/h3-7,9-11,15H,8H2,1-2H3,(H-,19,20,21,22)/p+1/t15-/m1/s1. The minimum atomic E-state index is -0.820. The van der Waals surface area contributed by atoms with Gasteiger partial charge < -0.3 is 15.0 Å². The molecule has 0 fully saturated rings. The molecule has 0 spiro atoms. The van der Waals surface area contributed by atoms with Gasteiger partial charge in [-0.3, -0.25) is 4.79 Å². The van der Waals surface area contributed by atoms with Crippen LogP contribution in [0.4, 0.5) is 5.69 Å². The number of nitrogens with one attached hydrogen (secondary N) is 2. The molecule has 0 saturated heterocycles. The van der Waals surface area contributed by atoms with Crippen molar-refractivity contribution < 1.29 is 14.3 Å². The zero-order valence-corrected chi connectivity index (χ0v) is 13.5. The molecule has 0 aliphatic rings. The number of aromatic nitrogens is 2. The number of amides is 1. The molecule has 0 bridgehead atoms. The van der Waals surface area contributed by atoms with Gasteiger partial charge in [0.1, 0.15) is 6.04 Å². The van der Waals surface area contributed by atoms with Crippen molar-refractivity contribution in [3.8, 4) is 6.57 Å². The third kappa shape index (κ3) is 4.68. The Bertz CT molecular complexity index is 730. The summed E-state index contributed by atoms with van der Waals surface area (Å²) in [5, 5.41) is 2.69. The Hall–Kier alpha value is -3.14. The van der Waals surface area contributed by atoms with E-state index in [0.717, 1.165) is 5.69 Å². The molecule has 1 aromatic heterocycles. The number of esters is 1. The van der Waals surface area contributed by atoms with Gasteiger partial charge in [-0.05, 0) is 30.8 Å². The molecule has 7 nitrogen and oxygen atoms in total. The monoisotopic (exact) mass is 327 g/mol. The van der Waals surface area contributed by atoms with Gasteiger partial charge in [0.05, 0.1) is 12.4 Å². The first-order chi connectivity index (χ1) is 11.5. The average Bonchev–Trinajstić information content (AvgIpc) is 3.06. The number of H-pyrrole nitrogens is 1. The fraction of sp³-hybridized carbons (Fsp3) is 0.294. The maximum absolute atomic E-state index is 12.4. The molecule has 0 unspecified atom stereocenters. The molecule has 2 rings (SSSR count). The predicted molar refractivity (Wildman–Crippen MR) is 89.2 cm³/mol. The second-order valence-electron chi connectivity index (χ2n) is 5.47. The molecule has 124 valence electrons. The van der Waals surface area contributed by atoms with Crippen LogP contribution < -0.4 is 5.32 Å². The second kappa shape index (κ2) is 7.92. The molecule has 1 heterocycles. The molecule has 2 aromatic rings. The highest BCUT2D eigenvalue weighted by Gasteiger charge is 2.25. The molecule has 1 atom stereocenters. The highest BCUT2D eigenvalue weighted by Crippen LogP contribution is 2.13. The fourth-order valence-corrected chi connectivity index (χ4v) is 2.06. The number of hydrogen-bond acceptors (Lipinski definition) is 4. The van der Waals surface area contributed by atoms with Crippen LogP contribution >= 0.6 is 0 Å². The molecular formula is C17H19N4O3+. The SMILES string of the molecule is C#[N+]c1ccc(C(=O)N[C@H](Cc2cnc[nH]2)C(=O)OC(C)C)cc1. The summed E-state index contributed by atoms with van der Waals surface area (Å²) in [7, 11) is 0. The van der Waals surface area contributed by atoms with Gasteiger partial charge >= 0.3 is 11.7 Å². The van der Waals surface area contributed by atoms with Crippen molar-refractivity contribution in [2.24, 2.45) is 0 Å². The van der Waals surface area contributed by atoms with Crippen LogP contribution in [0, 0.1) is 6.57 Å². The first kappa shape index (κ1) is 17.2. The Morgan fingerprint density at radius 2 is 2.04 bits per heavy atom. The first-order valence-electron chi connectivity index (χ1n) is 7.49. The Kier molecular flexibility index (Phi) is 5.68. The lowest BCUT2D eigenvalue weighted by molar-refractivity contribution is -0.149. The van der Waals surface area contributed by atoms with Crippen LogP contribution in [0.1, 0.15) is 29.9 Å². The van der Waals surface area contributed by atoms with Crippen molar-refractivity contribution in [1.29, 1.82) is 0 Å². The smallest absolute Gasteiger partial charge is 0.339 e. The Morgan fingerprint density at radius 1 is 1.33 bits per heavy atom. The lowest BCUT2D eigenvalue weighted by Crippen LogP contribution is -2.44. The van der Waals surface area contributed by atoms with Crippen molar-refractivity contribution in [2.75, 3.05) is 0 Å². The van der Waals surface area contributed by atoms with Crippen molar-refractivity contribution in [3.63, 3.8) is 0 Å². The third-order valence-corrected chi connectivity index (χ3v) is 3.20. The van der Waals surface area contributed by atoms with Gasteiger partial charge in [0.25, 0.3) is 12.5 Å². The van der Waals surface area contributed by atoms with Crippen LogP contribution in [-0.4, -0.2) is 34.0 Å². The van der Waals surface area contributed by atoms with Gasteiger partial charge in [0.2, 0.25) is 0 Å². The summed E-state index contributed by atoms with van der Waals surface area (Å²) >= 11 is 0. The summed E-state index contributed by atoms with van der Waals surface area (Å²) in [5.41, 5.74) is 1.67. The van der Waals surface area contributed by atoms with Gasteiger partial charge in [-0.25, -0.2) is 9.78 Å². The lowest BCUT2D eigenvalue weighted by atomic mass is 10.1. The van der Waals surface area contributed by atoms with E-state index in [0.29, 0.717) is 11.3 Å². The topological polar surface area (TPSA) is 88.4 Å². The molecule has 0 saturated carbocycles. The van der Waals surface area contributed by atoms with Crippen molar-refractivity contribution in [1.82, 2.24) is 15.3 Å². The van der Waals surface area contributed by atoms with Gasteiger partial charge in [0.15, 0.2) is 0 Å². The van der Waals surface area contributed by atoms with Crippen LogP contribution in [0.15, 0.2) is 36.8 Å². The van der Waals surface area contributed by atoms with Gasteiger partial charge in [-0.15, -0.1) is 0 Å². The third-order valence-electron chi connectivity index (χ3n) is 3.20.